The number of amides is 4. The molecule has 0 spiro atoms. The number of carbonyl (C=O) groups is 3. The number of hydrazine groups is 1. The van der Waals surface area contributed by atoms with Crippen molar-refractivity contribution >= 4 is 39.6 Å². The van der Waals surface area contributed by atoms with Crippen molar-refractivity contribution in [2.75, 3.05) is 6.54 Å². The van der Waals surface area contributed by atoms with E-state index in [-0.39, 0.29) is 19.4 Å². The second kappa shape index (κ2) is 7.19. The number of nitrogens with zero attached hydrogens (tertiary/aromatic N) is 2. The number of fused-ring (bicyclic) bond motifs is 2. The van der Waals surface area contributed by atoms with E-state index in [1.54, 1.807) is 6.07 Å². The lowest BCUT2D eigenvalue weighted by Gasteiger charge is -2.29. The van der Waals surface area contributed by atoms with E-state index in [2.05, 4.69) is 15.1 Å². The molecule has 1 unspecified atom stereocenters. The van der Waals surface area contributed by atoms with Crippen molar-refractivity contribution < 1.29 is 31.6 Å². The zero-order valence-corrected chi connectivity index (χ0v) is 15.0. The Bertz CT molecular complexity index is 810. The van der Waals surface area contributed by atoms with Crippen molar-refractivity contribution in [2.45, 2.75) is 31.3 Å². The molecule has 0 aromatic carbocycles. The topological polar surface area (TPSA) is 145 Å². The van der Waals surface area contributed by atoms with Crippen LogP contribution in [-0.2, 0) is 30.7 Å². The Labute approximate surface area is 152 Å². The smallest absolute Gasteiger partial charge is 0.309 e. The minimum Gasteiger partial charge on any atom is -0.309 e. The molecular formula is C13H16N4O7S2. The lowest BCUT2D eigenvalue weighted by molar-refractivity contribution is -0.131. The summed E-state index contributed by atoms with van der Waals surface area (Å²) in [5, 5.41) is 2.39. The van der Waals surface area contributed by atoms with Gasteiger partial charge in [-0.25, -0.2) is 4.79 Å². The number of hydrogen-bond acceptors (Lipinski definition) is 7. The van der Waals surface area contributed by atoms with Gasteiger partial charge in [-0.3, -0.25) is 25.0 Å². The highest BCUT2D eigenvalue weighted by Gasteiger charge is 2.49. The van der Waals surface area contributed by atoms with Gasteiger partial charge in [0.1, 0.15) is 6.04 Å². The average molecular weight is 404 g/mol. The summed E-state index contributed by atoms with van der Waals surface area (Å²) in [7, 11) is -4.84. The van der Waals surface area contributed by atoms with Gasteiger partial charge >= 0.3 is 16.4 Å². The summed E-state index contributed by atoms with van der Waals surface area (Å²) in [6, 6.07) is 1.30. The van der Waals surface area contributed by atoms with Gasteiger partial charge in [0.05, 0.1) is 12.5 Å². The first kappa shape index (κ1) is 18.6. The van der Waals surface area contributed by atoms with E-state index in [4.69, 9.17) is 4.55 Å². The molecule has 142 valence electrons. The van der Waals surface area contributed by atoms with Crippen LogP contribution in [0.1, 0.15) is 17.7 Å². The Morgan fingerprint density at radius 3 is 2.77 bits per heavy atom. The van der Waals surface area contributed by atoms with Crippen LogP contribution in [0.4, 0.5) is 4.79 Å². The third-order valence-corrected chi connectivity index (χ3v) is 5.27. The Balaban J connectivity index is 1.56. The molecule has 1 aromatic heterocycles. The molecule has 0 radical (unpaired) electrons. The fraction of sp³-hybridized carbons (Fsp3) is 0.462. The second-order valence-electron chi connectivity index (χ2n) is 5.80. The Morgan fingerprint density at radius 1 is 1.35 bits per heavy atom. The molecule has 2 atom stereocenters. The maximum Gasteiger partial charge on any atom is 0.418 e. The van der Waals surface area contributed by atoms with Crippen LogP contribution in [0.5, 0.6) is 0 Å². The number of rotatable bonds is 5. The summed E-state index contributed by atoms with van der Waals surface area (Å²) in [6.07, 6.45) is 0.677. The predicted octanol–water partition coefficient (Wildman–Crippen LogP) is -0.559. The van der Waals surface area contributed by atoms with Crippen LogP contribution in [0.3, 0.4) is 0 Å². The lowest BCUT2D eigenvalue weighted by atomic mass is 10.0. The summed E-state index contributed by atoms with van der Waals surface area (Å²) in [4.78, 5) is 38.3. The number of carbonyl (C=O) groups excluding carboxylic acids is 3. The van der Waals surface area contributed by atoms with Crippen LogP contribution in [0.2, 0.25) is 0 Å². The molecule has 1 aromatic rings. The van der Waals surface area contributed by atoms with Gasteiger partial charge in [0.2, 0.25) is 5.91 Å². The van der Waals surface area contributed by atoms with Crippen molar-refractivity contribution in [1.29, 1.82) is 0 Å². The molecule has 11 nitrogen and oxygen atoms in total. The molecule has 3 heterocycles. The number of piperidine rings is 1. The van der Waals surface area contributed by atoms with Gasteiger partial charge in [0.25, 0.3) is 5.91 Å². The highest BCUT2D eigenvalue weighted by atomic mass is 32.3. The van der Waals surface area contributed by atoms with E-state index in [1.807, 2.05) is 11.4 Å². The predicted molar refractivity (Wildman–Crippen MR) is 87.7 cm³/mol. The zero-order valence-electron chi connectivity index (χ0n) is 13.3. The van der Waals surface area contributed by atoms with E-state index < -0.39 is 40.3 Å². The van der Waals surface area contributed by atoms with Crippen molar-refractivity contribution in [2.24, 2.45) is 0 Å². The third kappa shape index (κ3) is 4.12. The molecule has 3 rings (SSSR count). The molecular weight excluding hydrogens is 388 g/mol. The molecule has 26 heavy (non-hydrogen) atoms. The van der Waals surface area contributed by atoms with Gasteiger partial charge in [-0.1, -0.05) is 6.07 Å². The fourth-order valence-electron chi connectivity index (χ4n) is 2.93. The van der Waals surface area contributed by atoms with Crippen LogP contribution in [0.25, 0.3) is 0 Å². The number of hydrogen-bond donors (Lipinski definition) is 3. The quantitative estimate of drug-likeness (QED) is 0.440. The van der Waals surface area contributed by atoms with Crippen molar-refractivity contribution in [3.05, 3.63) is 22.4 Å². The summed E-state index contributed by atoms with van der Waals surface area (Å²) >= 11 is 1.41. The van der Waals surface area contributed by atoms with Gasteiger partial charge in [0.15, 0.2) is 0 Å². The maximum absolute atomic E-state index is 12.3. The fourth-order valence-corrected chi connectivity index (χ4v) is 4.03. The van der Waals surface area contributed by atoms with E-state index >= 15 is 0 Å². The normalized spacial score (nSPS) is 22.4. The molecule has 2 bridgehead atoms. The number of hydroxylamine groups is 2. The second-order valence-corrected chi connectivity index (χ2v) is 7.84. The molecule has 2 fully saturated rings. The van der Waals surface area contributed by atoms with Crippen LogP contribution < -0.4 is 10.9 Å². The summed E-state index contributed by atoms with van der Waals surface area (Å²) in [5.41, 5.74) is 4.57. The Morgan fingerprint density at radius 2 is 2.12 bits per heavy atom. The van der Waals surface area contributed by atoms with Gasteiger partial charge in [-0.15, -0.1) is 15.6 Å². The highest BCUT2D eigenvalue weighted by Crippen LogP contribution is 2.30. The van der Waals surface area contributed by atoms with Gasteiger partial charge in [-0.2, -0.15) is 13.5 Å². The summed E-state index contributed by atoms with van der Waals surface area (Å²) in [5.74, 6) is -0.997. The minimum absolute atomic E-state index is 0.0790. The van der Waals surface area contributed by atoms with Gasteiger partial charge in [0, 0.05) is 11.4 Å². The maximum atomic E-state index is 12.3. The van der Waals surface area contributed by atoms with E-state index in [1.165, 1.54) is 11.3 Å². The SMILES string of the molecule is O=C(Cc1cccs1)NNC(=O)[C@@H]1CCC2CN1C(=O)N2OS(=O)(=O)O. The first-order valence-electron chi connectivity index (χ1n) is 7.62. The summed E-state index contributed by atoms with van der Waals surface area (Å²) in [6.45, 7) is 0.0790. The first-order valence-corrected chi connectivity index (χ1v) is 9.87. The molecule has 2 saturated heterocycles. The van der Waals surface area contributed by atoms with E-state index in [9.17, 15) is 22.8 Å². The van der Waals surface area contributed by atoms with Crippen LogP contribution in [0, 0.1) is 0 Å². The highest BCUT2D eigenvalue weighted by molar-refractivity contribution is 7.80. The first-order chi connectivity index (χ1) is 12.2. The minimum atomic E-state index is -4.84. The summed E-state index contributed by atoms with van der Waals surface area (Å²) < 4.78 is 34.7. The van der Waals surface area contributed by atoms with Crippen molar-refractivity contribution in [1.82, 2.24) is 20.8 Å². The third-order valence-electron chi connectivity index (χ3n) is 4.04. The van der Waals surface area contributed by atoms with Crippen LogP contribution in [-0.4, -0.2) is 59.4 Å². The van der Waals surface area contributed by atoms with Gasteiger partial charge in [-0.05, 0) is 24.3 Å². The largest absolute Gasteiger partial charge is 0.418 e. The van der Waals surface area contributed by atoms with Crippen LogP contribution >= 0.6 is 11.3 Å². The molecule has 13 heteroatoms. The average Bonchev–Trinajstić information content (AvgIpc) is 3.15. The molecule has 4 amide bonds. The Hall–Kier alpha value is -2.22. The van der Waals surface area contributed by atoms with Gasteiger partial charge < -0.3 is 4.90 Å². The molecule has 3 N–H and O–H groups in total. The Kier molecular flexibility index (Phi) is 5.13. The van der Waals surface area contributed by atoms with Crippen LogP contribution in [0.15, 0.2) is 17.5 Å². The standard InChI is InChI=1S/C13H16N4O7S2/c18-11(6-9-2-1-5-25-9)14-15-12(19)10-4-3-8-7-16(10)13(20)17(8)24-26(21,22)23/h1-2,5,8,10H,3-4,6-7H2,(H,14,18)(H,15,19)(H,21,22,23)/t8?,10-/m0/s1. The number of urea groups is 1. The molecule has 0 aliphatic carbocycles. The monoisotopic (exact) mass is 404 g/mol. The molecule has 0 saturated carbocycles. The zero-order chi connectivity index (χ0) is 18.9. The lowest BCUT2D eigenvalue weighted by Crippen LogP contribution is -2.54. The number of nitrogens with one attached hydrogen (secondary N) is 2. The van der Waals surface area contributed by atoms with E-state index in [0.717, 1.165) is 9.78 Å². The molecule has 2 aliphatic rings. The van der Waals surface area contributed by atoms with Crippen molar-refractivity contribution in [3.63, 3.8) is 0 Å². The van der Waals surface area contributed by atoms with Crippen molar-refractivity contribution in [3.8, 4) is 0 Å². The van der Waals surface area contributed by atoms with E-state index in [0.29, 0.717) is 11.5 Å². The number of thiophene rings is 1. The molecule has 2 aliphatic heterocycles.